The Labute approximate surface area is 441 Å². The molecule has 73 heavy (non-hydrogen) atoms. The Morgan fingerprint density at radius 3 is 1.38 bits per heavy atom. The van der Waals surface area contributed by atoms with Crippen molar-refractivity contribution < 1.29 is 58.2 Å². The minimum Gasteiger partial charge on any atom is -0.479 e. The van der Waals surface area contributed by atoms with Crippen LogP contribution >= 0.6 is 0 Å². The van der Waals surface area contributed by atoms with Crippen LogP contribution in [0.25, 0.3) is 0 Å². The van der Waals surface area contributed by atoms with E-state index in [1.54, 1.807) is 0 Å². The lowest BCUT2D eigenvalue weighted by atomic mass is 9.98. The molecule has 12 heteroatoms. The zero-order chi connectivity index (χ0) is 53.3. The lowest BCUT2D eigenvalue weighted by Crippen LogP contribution is -2.61. The van der Waals surface area contributed by atoms with Crippen LogP contribution in [-0.2, 0) is 42.9 Å². The predicted octanol–water partition coefficient (Wildman–Crippen LogP) is 14.3. The molecule has 1 fully saturated rings. The highest BCUT2D eigenvalue weighted by Gasteiger charge is 2.50. The molecule has 0 aliphatic carbocycles. The smallest absolute Gasteiger partial charge is 0.335 e. The second-order valence-corrected chi connectivity index (χ2v) is 19.2. The van der Waals surface area contributed by atoms with Gasteiger partial charge in [-0.05, 0) is 89.9 Å². The number of aliphatic hydroxyl groups excluding tert-OH is 2. The van der Waals surface area contributed by atoms with Crippen molar-refractivity contribution in [2.24, 2.45) is 0 Å². The first-order chi connectivity index (χ1) is 35.6. The van der Waals surface area contributed by atoms with E-state index in [0.29, 0.717) is 19.3 Å². The molecule has 1 rings (SSSR count). The van der Waals surface area contributed by atoms with Gasteiger partial charge in [-0.3, -0.25) is 14.4 Å². The summed E-state index contributed by atoms with van der Waals surface area (Å²) in [7, 11) is 0. The van der Waals surface area contributed by atoms with E-state index in [-0.39, 0.29) is 25.9 Å². The van der Waals surface area contributed by atoms with Crippen molar-refractivity contribution in [2.75, 3.05) is 13.2 Å². The van der Waals surface area contributed by atoms with Crippen molar-refractivity contribution in [3.8, 4) is 0 Å². The summed E-state index contributed by atoms with van der Waals surface area (Å²) in [5.41, 5.74) is 0. The molecule has 6 atom stereocenters. The Morgan fingerprint density at radius 2 is 0.890 bits per heavy atom. The number of rotatable bonds is 47. The molecule has 0 radical (unpaired) electrons. The minimum atomic E-state index is -1.91. The molecule has 1 aliphatic rings. The third-order valence-electron chi connectivity index (χ3n) is 12.4. The van der Waals surface area contributed by atoms with Crippen LogP contribution in [0.3, 0.4) is 0 Å². The average molecular weight is 1030 g/mol. The molecule has 12 nitrogen and oxygen atoms in total. The molecule has 0 amide bonds. The van der Waals surface area contributed by atoms with Gasteiger partial charge in [0.2, 0.25) is 0 Å². The Hall–Kier alpha value is -4.10. The van der Waals surface area contributed by atoms with E-state index in [1.165, 1.54) is 44.9 Å². The number of hydrogen-bond donors (Lipinski definition) is 3. The number of aliphatic carboxylic acids is 1. The van der Waals surface area contributed by atoms with Gasteiger partial charge in [0.25, 0.3) is 0 Å². The number of carbonyl (C=O) groups excluding carboxylic acids is 3. The fourth-order valence-electron chi connectivity index (χ4n) is 8.08. The Kier molecular flexibility index (Phi) is 44.7. The van der Waals surface area contributed by atoms with E-state index in [4.69, 9.17) is 23.7 Å². The van der Waals surface area contributed by atoms with E-state index >= 15 is 0 Å². The second kappa shape index (κ2) is 48.8. The van der Waals surface area contributed by atoms with Crippen molar-refractivity contribution in [3.63, 3.8) is 0 Å². The topological polar surface area (TPSA) is 175 Å². The van der Waals surface area contributed by atoms with E-state index in [2.05, 4.69) is 106 Å². The van der Waals surface area contributed by atoms with Gasteiger partial charge in [-0.15, -0.1) is 0 Å². The molecule has 6 unspecified atom stereocenters. The molecule has 3 N–H and O–H groups in total. The number of allylic oxidation sites excluding steroid dienone is 14. The molecule has 1 aliphatic heterocycles. The number of unbranched alkanes of at least 4 members (excludes halogenated alkanes) is 19. The molecular weight excluding hydrogens is 925 g/mol. The first-order valence-corrected chi connectivity index (χ1v) is 28.6. The highest BCUT2D eigenvalue weighted by Crippen LogP contribution is 2.26. The van der Waals surface area contributed by atoms with Gasteiger partial charge in [0, 0.05) is 19.3 Å². The van der Waals surface area contributed by atoms with E-state index in [9.17, 15) is 34.5 Å². The van der Waals surface area contributed by atoms with Crippen LogP contribution in [-0.4, -0.2) is 89.2 Å². The molecule has 0 aromatic rings. The Morgan fingerprint density at radius 1 is 0.466 bits per heavy atom. The van der Waals surface area contributed by atoms with Crippen molar-refractivity contribution in [3.05, 3.63) is 85.1 Å². The number of carboxylic acid groups (broad SMARTS) is 1. The first-order valence-electron chi connectivity index (χ1n) is 28.6. The van der Waals surface area contributed by atoms with Crippen LogP contribution in [0.15, 0.2) is 85.1 Å². The lowest BCUT2D eigenvalue weighted by molar-refractivity contribution is -0.301. The molecule has 0 aromatic carbocycles. The fraction of sp³-hybridized carbons (Fsp3) is 0.705. The summed E-state index contributed by atoms with van der Waals surface area (Å²) in [5, 5.41) is 31.4. The number of esters is 3. The molecular formula is C61H100O12. The summed E-state index contributed by atoms with van der Waals surface area (Å²) in [5.74, 6) is -3.18. The number of ether oxygens (including phenoxy) is 5. The van der Waals surface area contributed by atoms with Crippen LogP contribution in [0.2, 0.25) is 0 Å². The van der Waals surface area contributed by atoms with Crippen LogP contribution in [0.5, 0.6) is 0 Å². The average Bonchev–Trinajstić information content (AvgIpc) is 3.37. The van der Waals surface area contributed by atoms with Crippen LogP contribution in [0, 0.1) is 0 Å². The summed E-state index contributed by atoms with van der Waals surface area (Å²) in [6, 6.07) is 0. The summed E-state index contributed by atoms with van der Waals surface area (Å²) < 4.78 is 28.3. The lowest BCUT2D eigenvalue weighted by Gasteiger charge is -2.40. The van der Waals surface area contributed by atoms with E-state index < -0.39 is 67.3 Å². The summed E-state index contributed by atoms with van der Waals surface area (Å²) in [6.07, 6.45) is 49.9. The van der Waals surface area contributed by atoms with Gasteiger partial charge in [-0.2, -0.15) is 0 Å². The molecule has 0 spiro atoms. The molecule has 416 valence electrons. The molecule has 0 aromatic heterocycles. The van der Waals surface area contributed by atoms with Crippen molar-refractivity contribution in [2.45, 2.75) is 263 Å². The van der Waals surface area contributed by atoms with Crippen LogP contribution in [0.1, 0.15) is 226 Å². The minimum absolute atomic E-state index is 0.0387. The van der Waals surface area contributed by atoms with Gasteiger partial charge < -0.3 is 39.0 Å². The zero-order valence-corrected chi connectivity index (χ0v) is 45.6. The summed E-state index contributed by atoms with van der Waals surface area (Å²) >= 11 is 0. The second-order valence-electron chi connectivity index (χ2n) is 19.2. The normalized spacial score (nSPS) is 18.9. The first kappa shape index (κ1) is 66.9. The number of carboxylic acids is 1. The highest BCUT2D eigenvalue weighted by molar-refractivity contribution is 5.74. The zero-order valence-electron chi connectivity index (χ0n) is 45.6. The summed E-state index contributed by atoms with van der Waals surface area (Å²) in [6.45, 7) is 5.75. The monoisotopic (exact) mass is 1020 g/mol. The summed E-state index contributed by atoms with van der Waals surface area (Å²) in [4.78, 5) is 51.0. The Bertz CT molecular complexity index is 1590. The number of aliphatic hydroxyl groups is 2. The van der Waals surface area contributed by atoms with Gasteiger partial charge in [-0.1, -0.05) is 202 Å². The maximum Gasteiger partial charge on any atom is 0.335 e. The van der Waals surface area contributed by atoms with Crippen LogP contribution in [0.4, 0.5) is 0 Å². The predicted molar refractivity (Wildman–Crippen MR) is 294 cm³/mol. The third-order valence-corrected chi connectivity index (χ3v) is 12.4. The molecule has 1 heterocycles. The molecule has 0 saturated carbocycles. The van der Waals surface area contributed by atoms with Gasteiger partial charge in [0.05, 0.1) is 6.61 Å². The van der Waals surface area contributed by atoms with Gasteiger partial charge in [-0.25, -0.2) is 4.79 Å². The van der Waals surface area contributed by atoms with Gasteiger partial charge >= 0.3 is 23.9 Å². The fourth-order valence-corrected chi connectivity index (χ4v) is 8.08. The Balaban J connectivity index is 2.71. The van der Waals surface area contributed by atoms with E-state index in [1.807, 2.05) is 0 Å². The number of carbonyl (C=O) groups is 4. The maximum atomic E-state index is 13.1. The molecule has 0 bridgehead atoms. The van der Waals surface area contributed by atoms with Crippen molar-refractivity contribution in [1.82, 2.24) is 0 Å². The SMILES string of the molecule is CC/C=C\C/C=C\C/C=C\C/C=C\C/C=C\CCCCCC(=O)OCC(COC1OC(C(=O)O)C(O)C(O)C1OC(=O)CCCCCCC/C=C\C/C=C\CCC)OC(=O)CCCCCCCCCCCCC. The van der Waals surface area contributed by atoms with Crippen molar-refractivity contribution in [1.29, 1.82) is 0 Å². The largest absolute Gasteiger partial charge is 0.479 e. The highest BCUT2D eigenvalue weighted by atomic mass is 16.7. The van der Waals surface area contributed by atoms with E-state index in [0.717, 1.165) is 122 Å². The van der Waals surface area contributed by atoms with Crippen LogP contribution < -0.4 is 0 Å². The standard InChI is InChI=1S/C61H100O12/c1-4-7-10-13-16-19-22-24-25-26-27-28-29-31-33-35-38-41-44-47-53(62)69-50-52(71-54(63)48-45-42-39-36-32-21-18-15-12-9-6-3)51-70-61-59(57(66)56(65)58(73-61)60(67)68)72-55(64)49-46-43-40-37-34-30-23-20-17-14-11-8-5-2/h7,10-11,14,16,19-20,23-25,27-28,31,33,52,56-59,61,65-66H,4-6,8-9,12-13,15,17-18,21-22,26,29-30,32,34-51H2,1-3H3,(H,67,68)/b10-7-,14-11-,19-16-,23-20-,25-24-,28-27-,33-31-. The van der Waals surface area contributed by atoms with Gasteiger partial charge in [0.15, 0.2) is 24.6 Å². The molecule has 1 saturated heterocycles. The third kappa shape index (κ3) is 39.0. The van der Waals surface area contributed by atoms with Crippen molar-refractivity contribution >= 4 is 23.9 Å². The maximum absolute atomic E-state index is 13.1. The number of hydrogen-bond acceptors (Lipinski definition) is 11. The quantitative estimate of drug-likeness (QED) is 0.0228. The van der Waals surface area contributed by atoms with Gasteiger partial charge in [0.1, 0.15) is 18.8 Å².